The Morgan fingerprint density at radius 3 is 1.30 bits per heavy atom. The number of nitrogens with one attached hydrogen (secondary N) is 2. The van der Waals surface area contributed by atoms with Gasteiger partial charge in [-0.3, -0.25) is 4.79 Å². The van der Waals surface area contributed by atoms with Crippen LogP contribution in [0.3, 0.4) is 0 Å². The van der Waals surface area contributed by atoms with Gasteiger partial charge in [-0.2, -0.15) is 0 Å². The molecule has 2 aromatic heterocycles. The normalized spacial score (nSPS) is 14.4. The maximum Gasteiger partial charge on any atom is 0.297 e. The molecule has 4 heterocycles. The molecule has 2 aliphatic heterocycles. The van der Waals surface area contributed by atoms with Crippen molar-refractivity contribution in [3.05, 3.63) is 109 Å². The Labute approximate surface area is 371 Å². The highest BCUT2D eigenvalue weighted by Crippen LogP contribution is 2.36. The molecule has 6 aromatic rings. The van der Waals surface area contributed by atoms with Gasteiger partial charge >= 0.3 is 0 Å². The topological polar surface area (TPSA) is 176 Å². The first-order chi connectivity index (χ1) is 31.6. The van der Waals surface area contributed by atoms with E-state index in [1.807, 2.05) is 72.8 Å². The fourth-order valence-electron chi connectivity index (χ4n) is 6.02. The first kappa shape index (κ1) is 46.0. The molecule has 2 N–H and O–H groups in total. The molecule has 0 bridgehead atoms. The van der Waals surface area contributed by atoms with Gasteiger partial charge in [0.1, 0.15) is 50.7 Å². The molecule has 0 amide bonds. The van der Waals surface area contributed by atoms with Crippen LogP contribution in [0.1, 0.15) is 18.1 Å². The number of carbonyl (C=O) groups is 1. The van der Waals surface area contributed by atoms with Crippen molar-refractivity contribution in [3.63, 3.8) is 0 Å². The molecule has 4 aromatic carbocycles. The van der Waals surface area contributed by atoms with Gasteiger partial charge in [0.25, 0.3) is 6.47 Å². The number of terminal acetylenes is 2. The number of rotatable bonds is 6. The highest BCUT2D eigenvalue weighted by molar-refractivity contribution is 5.94. The SMILES string of the molecule is C#Cc1cccc(Nc2ncnc3cc4c(cc23)OCCOCCOCCO4)c1.C#Cc1cccc(Nc2ncnc3cc4c(cc23)OCCOCCOCCO4)c1.C/C=C\OC=O. The van der Waals surface area contributed by atoms with Gasteiger partial charge in [0.15, 0.2) is 23.0 Å². The summed E-state index contributed by atoms with van der Waals surface area (Å²) >= 11 is 0. The van der Waals surface area contributed by atoms with Gasteiger partial charge in [0, 0.05) is 45.4 Å². The van der Waals surface area contributed by atoms with Crippen molar-refractivity contribution in [2.75, 3.05) is 89.9 Å². The van der Waals surface area contributed by atoms with Crippen LogP contribution in [0.5, 0.6) is 23.0 Å². The number of hydrogen-bond donors (Lipinski definition) is 2. The number of nitrogens with zero attached hydrogens (tertiary/aromatic N) is 4. The molecule has 0 fully saturated rings. The van der Waals surface area contributed by atoms with Gasteiger partial charge in [-0.15, -0.1) is 12.8 Å². The predicted molar refractivity (Wildman–Crippen MR) is 242 cm³/mol. The lowest BCUT2D eigenvalue weighted by Gasteiger charge is -2.16. The Morgan fingerprint density at radius 2 is 0.938 bits per heavy atom. The maximum atomic E-state index is 9.29. The number of anilines is 4. The molecule has 0 saturated carbocycles. The van der Waals surface area contributed by atoms with Crippen molar-refractivity contribution in [1.82, 2.24) is 19.9 Å². The molecule has 0 atom stereocenters. The zero-order valence-corrected chi connectivity index (χ0v) is 35.3. The zero-order chi connectivity index (χ0) is 44.6. The van der Waals surface area contributed by atoms with Gasteiger partial charge in [0.2, 0.25) is 0 Å². The standard InChI is InChI=1S/2C22H21N3O4.C4H6O2/c2*1-2-16-4-3-5-17(12-16)25-22-18-13-20-21(14-19(18)23-15-24-22)29-11-9-27-7-6-26-8-10-28-20;1-2-3-6-4-5/h2*1,3-5,12-15H,6-11H2,(H,23,24,25);2-4H,1H3/b;;3-2-. The molecule has 0 spiro atoms. The summed E-state index contributed by atoms with van der Waals surface area (Å²) in [4.78, 5) is 26.8. The van der Waals surface area contributed by atoms with Crippen LogP contribution in [0.2, 0.25) is 0 Å². The molecule has 0 radical (unpaired) electrons. The van der Waals surface area contributed by atoms with E-state index in [1.165, 1.54) is 18.9 Å². The van der Waals surface area contributed by atoms with Crippen LogP contribution >= 0.6 is 0 Å². The molecule has 0 aliphatic carbocycles. The zero-order valence-electron chi connectivity index (χ0n) is 35.3. The molecular weight excluding hydrogens is 821 g/mol. The number of benzene rings is 4. The van der Waals surface area contributed by atoms with E-state index in [9.17, 15) is 4.79 Å². The minimum Gasteiger partial charge on any atom is -0.487 e. The molecule has 8 rings (SSSR count). The molecule has 0 saturated heterocycles. The van der Waals surface area contributed by atoms with Crippen LogP contribution in [0.25, 0.3) is 21.8 Å². The Bertz CT molecular complexity index is 2390. The summed E-state index contributed by atoms with van der Waals surface area (Å²) in [5, 5.41) is 8.24. The number of carbonyl (C=O) groups excluding carboxylic acids is 1. The van der Waals surface area contributed by atoms with Crippen molar-refractivity contribution in [3.8, 4) is 47.7 Å². The third-order valence-corrected chi connectivity index (χ3v) is 8.94. The summed E-state index contributed by atoms with van der Waals surface area (Å²) in [5.74, 6) is 9.01. The summed E-state index contributed by atoms with van der Waals surface area (Å²) in [6.45, 7) is 7.81. The Hall–Kier alpha value is -7.47. The van der Waals surface area contributed by atoms with Gasteiger partial charge in [0.05, 0.1) is 70.2 Å². The van der Waals surface area contributed by atoms with Crippen molar-refractivity contribution < 1.29 is 47.4 Å². The minimum atomic E-state index is 0.375. The van der Waals surface area contributed by atoms with E-state index in [2.05, 4.69) is 47.1 Å². The van der Waals surface area contributed by atoms with Crippen LogP contribution in [-0.4, -0.2) is 106 Å². The quantitative estimate of drug-likeness (QED) is 0.0992. The van der Waals surface area contributed by atoms with E-state index >= 15 is 0 Å². The highest BCUT2D eigenvalue weighted by atomic mass is 16.6. The summed E-state index contributed by atoms with van der Waals surface area (Å²) in [7, 11) is 0. The van der Waals surface area contributed by atoms with Gasteiger partial charge in [-0.1, -0.05) is 30.0 Å². The fraction of sp³-hybridized carbons (Fsp3) is 0.271. The second kappa shape index (κ2) is 25.5. The second-order valence-electron chi connectivity index (χ2n) is 13.3. The first-order valence-electron chi connectivity index (χ1n) is 20.4. The van der Waals surface area contributed by atoms with Crippen LogP contribution in [0, 0.1) is 24.7 Å². The van der Waals surface area contributed by atoms with Crippen molar-refractivity contribution in [2.45, 2.75) is 6.92 Å². The average Bonchev–Trinajstić information content (AvgIpc) is 3.31. The van der Waals surface area contributed by atoms with Crippen LogP contribution in [0.4, 0.5) is 23.0 Å². The van der Waals surface area contributed by atoms with Crippen molar-refractivity contribution >= 4 is 51.3 Å². The molecule has 330 valence electrons. The van der Waals surface area contributed by atoms with E-state index < -0.39 is 0 Å². The van der Waals surface area contributed by atoms with E-state index in [1.54, 1.807) is 13.0 Å². The van der Waals surface area contributed by atoms with Crippen LogP contribution in [0.15, 0.2) is 97.8 Å². The fourth-order valence-corrected chi connectivity index (χ4v) is 6.02. The summed E-state index contributed by atoms with van der Waals surface area (Å²) in [6, 6.07) is 22.6. The lowest BCUT2D eigenvalue weighted by Crippen LogP contribution is -2.15. The Balaban J connectivity index is 0.000000189. The lowest BCUT2D eigenvalue weighted by atomic mass is 10.2. The third kappa shape index (κ3) is 14.0. The van der Waals surface area contributed by atoms with Crippen molar-refractivity contribution in [1.29, 1.82) is 0 Å². The molecule has 64 heavy (non-hydrogen) atoms. The number of allylic oxidation sites excluding steroid dienone is 1. The van der Waals surface area contributed by atoms with E-state index in [4.69, 9.17) is 50.7 Å². The van der Waals surface area contributed by atoms with Crippen molar-refractivity contribution in [2.24, 2.45) is 0 Å². The van der Waals surface area contributed by atoms with E-state index in [0.717, 1.165) is 44.3 Å². The number of aromatic nitrogens is 4. The van der Waals surface area contributed by atoms with Crippen LogP contribution < -0.4 is 29.6 Å². The molecule has 16 nitrogen and oxygen atoms in total. The summed E-state index contributed by atoms with van der Waals surface area (Å²) in [6.07, 6.45) is 17.0. The summed E-state index contributed by atoms with van der Waals surface area (Å²) < 4.78 is 49.6. The third-order valence-electron chi connectivity index (χ3n) is 8.94. The Kier molecular flexibility index (Phi) is 18.3. The number of fused-ring (bicyclic) bond motifs is 4. The molecule has 0 unspecified atom stereocenters. The largest absolute Gasteiger partial charge is 0.487 e. The van der Waals surface area contributed by atoms with E-state index in [-0.39, 0.29) is 0 Å². The first-order valence-corrected chi connectivity index (χ1v) is 20.4. The maximum absolute atomic E-state index is 9.29. The summed E-state index contributed by atoms with van der Waals surface area (Å²) in [5.41, 5.74) is 4.74. The molecular formula is C48H48N6O10. The minimum absolute atomic E-state index is 0.375. The highest BCUT2D eigenvalue weighted by Gasteiger charge is 2.15. The second-order valence-corrected chi connectivity index (χ2v) is 13.3. The van der Waals surface area contributed by atoms with E-state index in [0.29, 0.717) is 120 Å². The number of hydrogen-bond acceptors (Lipinski definition) is 16. The lowest BCUT2D eigenvalue weighted by molar-refractivity contribution is -0.123. The monoisotopic (exact) mass is 868 g/mol. The van der Waals surface area contributed by atoms with Crippen LogP contribution in [-0.2, 0) is 28.5 Å². The van der Waals surface area contributed by atoms with Gasteiger partial charge in [-0.25, -0.2) is 19.9 Å². The Morgan fingerprint density at radius 1 is 0.547 bits per heavy atom. The average molecular weight is 869 g/mol. The predicted octanol–water partition coefficient (Wildman–Crippen LogP) is 7.01. The molecule has 2 aliphatic rings. The smallest absolute Gasteiger partial charge is 0.297 e. The van der Waals surface area contributed by atoms with Gasteiger partial charge < -0.3 is 53.3 Å². The molecule has 16 heteroatoms. The number of ether oxygens (including phenoxy) is 9. The van der Waals surface area contributed by atoms with Gasteiger partial charge in [-0.05, 0) is 55.5 Å².